The maximum Gasteiger partial charge on any atom is 0.323 e. The zero-order valence-corrected chi connectivity index (χ0v) is 9.74. The lowest BCUT2D eigenvalue weighted by Gasteiger charge is -2.08. The van der Waals surface area contributed by atoms with Crippen molar-refractivity contribution >= 4 is 5.95 Å². The van der Waals surface area contributed by atoms with Gasteiger partial charge in [-0.25, -0.2) is 4.68 Å². The summed E-state index contributed by atoms with van der Waals surface area (Å²) >= 11 is 0. The Labute approximate surface area is 98.7 Å². The smallest absolute Gasteiger partial charge is 0.323 e. The van der Waals surface area contributed by atoms with Crippen molar-refractivity contribution in [3.05, 3.63) is 18.5 Å². The van der Waals surface area contributed by atoms with Crippen LogP contribution in [0.5, 0.6) is 6.01 Å². The Hall–Kier alpha value is -2.18. The van der Waals surface area contributed by atoms with Crippen LogP contribution in [-0.2, 0) is 0 Å². The van der Waals surface area contributed by atoms with Crippen molar-refractivity contribution in [2.75, 3.05) is 12.3 Å². The molecule has 0 spiro atoms. The third-order valence-corrected chi connectivity index (χ3v) is 1.88. The van der Waals surface area contributed by atoms with E-state index in [9.17, 15) is 0 Å². The van der Waals surface area contributed by atoms with Crippen LogP contribution in [0.1, 0.15) is 13.8 Å². The van der Waals surface area contributed by atoms with Gasteiger partial charge in [-0.15, -0.1) is 0 Å². The van der Waals surface area contributed by atoms with Crippen LogP contribution in [0.3, 0.4) is 0 Å². The highest BCUT2D eigenvalue weighted by molar-refractivity contribution is 5.24. The third-order valence-electron chi connectivity index (χ3n) is 1.88. The van der Waals surface area contributed by atoms with Gasteiger partial charge >= 0.3 is 6.01 Å². The average Bonchev–Trinajstić information content (AvgIpc) is 2.79. The number of aromatic nitrogens is 5. The summed E-state index contributed by atoms with van der Waals surface area (Å²) in [5.74, 6) is 0.853. The highest BCUT2D eigenvalue weighted by atomic mass is 16.5. The molecule has 0 aliphatic heterocycles. The van der Waals surface area contributed by atoms with Crippen molar-refractivity contribution in [3.63, 3.8) is 0 Å². The van der Waals surface area contributed by atoms with Gasteiger partial charge in [0.05, 0.1) is 6.61 Å². The quantitative estimate of drug-likeness (QED) is 0.836. The molecule has 0 atom stereocenters. The molecule has 2 aromatic heterocycles. The summed E-state index contributed by atoms with van der Waals surface area (Å²) in [5, 5.41) is 4.02. The molecule has 2 N–H and O–H groups in total. The van der Waals surface area contributed by atoms with Gasteiger partial charge in [-0.3, -0.25) is 0 Å². The predicted octanol–water partition coefficient (Wildman–Crippen LogP) is 0.674. The fourth-order valence-corrected chi connectivity index (χ4v) is 1.16. The molecule has 0 aromatic carbocycles. The van der Waals surface area contributed by atoms with Gasteiger partial charge in [-0.05, 0) is 12.0 Å². The van der Waals surface area contributed by atoms with Crippen LogP contribution in [0.15, 0.2) is 18.5 Å². The van der Waals surface area contributed by atoms with E-state index in [1.165, 1.54) is 4.68 Å². The minimum Gasteiger partial charge on any atom is -0.463 e. The molecule has 90 valence electrons. The lowest BCUT2D eigenvalue weighted by atomic mass is 10.2. The molecular formula is C10H14N6O. The SMILES string of the molecule is CC(C)COc1nc(N)nc(-n2cccn2)n1. The number of hydrogen-bond acceptors (Lipinski definition) is 6. The van der Waals surface area contributed by atoms with Gasteiger partial charge in [0.15, 0.2) is 0 Å². The molecule has 7 nitrogen and oxygen atoms in total. The number of nitrogens with zero attached hydrogens (tertiary/aromatic N) is 5. The van der Waals surface area contributed by atoms with Crippen molar-refractivity contribution < 1.29 is 4.74 Å². The molecule has 0 amide bonds. The van der Waals surface area contributed by atoms with Gasteiger partial charge in [-0.1, -0.05) is 13.8 Å². The molecule has 2 rings (SSSR count). The van der Waals surface area contributed by atoms with Gasteiger partial charge in [0, 0.05) is 12.4 Å². The van der Waals surface area contributed by atoms with Gasteiger partial charge in [0.2, 0.25) is 5.95 Å². The normalized spacial score (nSPS) is 10.8. The van der Waals surface area contributed by atoms with Crippen molar-refractivity contribution in [1.29, 1.82) is 0 Å². The van der Waals surface area contributed by atoms with Crippen molar-refractivity contribution in [2.45, 2.75) is 13.8 Å². The standard InChI is InChI=1S/C10H14N6O/c1-7(2)6-17-10-14-8(11)13-9(15-10)16-5-3-4-12-16/h3-5,7H,6H2,1-2H3,(H2,11,13,14,15). The highest BCUT2D eigenvalue weighted by Crippen LogP contribution is 2.09. The summed E-state index contributed by atoms with van der Waals surface area (Å²) in [6.07, 6.45) is 3.36. The highest BCUT2D eigenvalue weighted by Gasteiger charge is 2.08. The van der Waals surface area contributed by atoms with Crippen molar-refractivity contribution in [3.8, 4) is 12.0 Å². The number of nitrogens with two attached hydrogens (primary N) is 1. The number of hydrogen-bond donors (Lipinski definition) is 1. The first-order chi connectivity index (χ1) is 8.15. The van der Waals surface area contributed by atoms with Crippen LogP contribution < -0.4 is 10.5 Å². The Morgan fingerprint density at radius 3 is 2.82 bits per heavy atom. The van der Waals surface area contributed by atoms with Crippen LogP contribution in [0.2, 0.25) is 0 Å². The first-order valence-electron chi connectivity index (χ1n) is 5.29. The molecule has 0 aliphatic carbocycles. The van der Waals surface area contributed by atoms with E-state index in [0.717, 1.165) is 0 Å². The largest absolute Gasteiger partial charge is 0.463 e. The predicted molar refractivity (Wildman–Crippen MR) is 61.7 cm³/mol. The summed E-state index contributed by atoms with van der Waals surface area (Å²) < 4.78 is 6.90. The third kappa shape index (κ3) is 2.90. The number of ether oxygens (including phenoxy) is 1. The van der Waals surface area contributed by atoms with E-state index >= 15 is 0 Å². The van der Waals surface area contributed by atoms with Crippen LogP contribution in [0, 0.1) is 5.92 Å². The number of rotatable bonds is 4. The van der Waals surface area contributed by atoms with Gasteiger partial charge in [-0.2, -0.15) is 20.1 Å². The van der Waals surface area contributed by atoms with Crippen LogP contribution >= 0.6 is 0 Å². The minimum atomic E-state index is 0.115. The van der Waals surface area contributed by atoms with Crippen LogP contribution in [-0.4, -0.2) is 31.3 Å². The van der Waals surface area contributed by atoms with E-state index in [1.807, 2.05) is 13.8 Å². The van der Waals surface area contributed by atoms with Gasteiger partial charge in [0.25, 0.3) is 5.95 Å². The monoisotopic (exact) mass is 234 g/mol. The van der Waals surface area contributed by atoms with E-state index in [-0.39, 0.29) is 12.0 Å². The molecule has 2 aromatic rings. The lowest BCUT2D eigenvalue weighted by Crippen LogP contribution is -2.12. The fraction of sp³-hybridized carbons (Fsp3) is 0.400. The number of anilines is 1. The molecule has 0 radical (unpaired) electrons. The van der Waals surface area contributed by atoms with E-state index in [2.05, 4.69) is 20.1 Å². The fourth-order valence-electron chi connectivity index (χ4n) is 1.16. The second kappa shape index (κ2) is 4.77. The van der Waals surface area contributed by atoms with Crippen molar-refractivity contribution in [2.24, 2.45) is 5.92 Å². The van der Waals surface area contributed by atoms with Gasteiger partial charge in [0.1, 0.15) is 0 Å². The first kappa shape index (κ1) is 11.3. The van der Waals surface area contributed by atoms with Crippen molar-refractivity contribution in [1.82, 2.24) is 24.7 Å². The molecule has 0 fully saturated rings. The molecule has 0 saturated heterocycles. The van der Waals surface area contributed by atoms with Crippen LogP contribution in [0.25, 0.3) is 5.95 Å². The lowest BCUT2D eigenvalue weighted by molar-refractivity contribution is 0.250. The minimum absolute atomic E-state index is 0.115. The molecule has 0 saturated carbocycles. The molecule has 17 heavy (non-hydrogen) atoms. The molecule has 0 unspecified atom stereocenters. The average molecular weight is 234 g/mol. The maximum absolute atomic E-state index is 5.59. The summed E-state index contributed by atoms with van der Waals surface area (Å²) in [6.45, 7) is 4.61. The molecule has 0 aliphatic rings. The zero-order chi connectivity index (χ0) is 12.3. The second-order valence-corrected chi connectivity index (χ2v) is 3.93. The molecule has 0 bridgehead atoms. The topological polar surface area (TPSA) is 91.7 Å². The molecule has 7 heteroatoms. The second-order valence-electron chi connectivity index (χ2n) is 3.93. The summed E-state index contributed by atoms with van der Waals surface area (Å²) in [6, 6.07) is 1.99. The van der Waals surface area contributed by atoms with Crippen LogP contribution in [0.4, 0.5) is 5.95 Å². The molecule has 2 heterocycles. The van der Waals surface area contributed by atoms with Gasteiger partial charge < -0.3 is 10.5 Å². The Morgan fingerprint density at radius 2 is 2.18 bits per heavy atom. The van der Waals surface area contributed by atoms with E-state index in [0.29, 0.717) is 18.5 Å². The zero-order valence-electron chi connectivity index (χ0n) is 9.74. The first-order valence-corrected chi connectivity index (χ1v) is 5.29. The van der Waals surface area contributed by atoms with E-state index < -0.39 is 0 Å². The number of nitrogen functional groups attached to an aromatic ring is 1. The summed E-state index contributed by atoms with van der Waals surface area (Å²) in [4.78, 5) is 12.0. The Balaban J connectivity index is 2.24. The Bertz CT molecular complexity index is 482. The Kier molecular flexibility index (Phi) is 3.17. The Morgan fingerprint density at radius 1 is 1.35 bits per heavy atom. The summed E-state index contributed by atoms with van der Waals surface area (Å²) in [5.41, 5.74) is 5.59. The van der Waals surface area contributed by atoms with E-state index in [4.69, 9.17) is 10.5 Å². The maximum atomic E-state index is 5.59. The molecular weight excluding hydrogens is 220 g/mol. The van der Waals surface area contributed by atoms with E-state index in [1.54, 1.807) is 18.5 Å². The summed E-state index contributed by atoms with van der Waals surface area (Å²) in [7, 11) is 0.